The van der Waals surface area contributed by atoms with Crippen molar-refractivity contribution in [1.29, 1.82) is 0 Å². The van der Waals surface area contributed by atoms with Gasteiger partial charge in [0, 0.05) is 5.56 Å². The largest absolute Gasteiger partial charge is 0.311 e. The minimum Gasteiger partial charge on any atom is -0.311 e. The van der Waals surface area contributed by atoms with Crippen LogP contribution in [-0.4, -0.2) is 9.97 Å². The molecule has 1 N–H and O–H groups in total. The van der Waals surface area contributed by atoms with Gasteiger partial charge in [0.15, 0.2) is 0 Å². The van der Waals surface area contributed by atoms with Crippen molar-refractivity contribution in [3.63, 3.8) is 0 Å². The Bertz CT molecular complexity index is 548. The zero-order chi connectivity index (χ0) is 10.8. The van der Waals surface area contributed by atoms with Gasteiger partial charge in [-0.3, -0.25) is 4.79 Å². The van der Waals surface area contributed by atoms with Gasteiger partial charge < -0.3 is 4.98 Å². The highest BCUT2D eigenvalue weighted by molar-refractivity contribution is 5.63. The maximum Gasteiger partial charge on any atom is 0.287 e. The molecule has 4 heteroatoms. The Labute approximate surface area is 85.6 Å². The predicted octanol–water partition coefficient (Wildman–Crippen LogP) is 1.88. The van der Waals surface area contributed by atoms with Crippen molar-refractivity contribution in [1.82, 2.24) is 9.97 Å². The van der Waals surface area contributed by atoms with E-state index in [4.69, 9.17) is 0 Å². The fourth-order valence-corrected chi connectivity index (χ4v) is 1.41. The number of aryl methyl sites for hydroxylation is 1. The van der Waals surface area contributed by atoms with Crippen molar-refractivity contribution in [2.45, 2.75) is 6.92 Å². The third kappa shape index (κ3) is 1.66. The highest BCUT2D eigenvalue weighted by atomic mass is 19.1. The number of nitrogens with zero attached hydrogens (tertiary/aromatic N) is 1. The fourth-order valence-electron chi connectivity index (χ4n) is 1.41. The second-order valence-electron chi connectivity index (χ2n) is 3.21. The first kappa shape index (κ1) is 9.58. The summed E-state index contributed by atoms with van der Waals surface area (Å²) in [5, 5.41) is 0. The van der Waals surface area contributed by atoms with Crippen LogP contribution >= 0.6 is 0 Å². The molecular formula is C11H9FN2O. The van der Waals surface area contributed by atoms with E-state index in [0.717, 1.165) is 5.56 Å². The van der Waals surface area contributed by atoms with Gasteiger partial charge in [-0.1, -0.05) is 24.3 Å². The van der Waals surface area contributed by atoms with Crippen LogP contribution in [-0.2, 0) is 0 Å². The minimum atomic E-state index is -0.841. The molecule has 1 heterocycles. The molecule has 0 saturated carbocycles. The van der Waals surface area contributed by atoms with Crippen LogP contribution in [0, 0.1) is 12.7 Å². The van der Waals surface area contributed by atoms with Crippen LogP contribution < -0.4 is 5.56 Å². The Balaban J connectivity index is 2.70. The van der Waals surface area contributed by atoms with Crippen LogP contribution in [0.4, 0.5) is 4.39 Å². The summed E-state index contributed by atoms with van der Waals surface area (Å²) in [6.45, 7) is 1.84. The molecule has 76 valence electrons. The summed E-state index contributed by atoms with van der Waals surface area (Å²) in [6, 6.07) is 7.21. The van der Waals surface area contributed by atoms with Gasteiger partial charge in [0.25, 0.3) is 5.56 Å². The lowest BCUT2D eigenvalue weighted by molar-refractivity contribution is 0.604. The van der Waals surface area contributed by atoms with Gasteiger partial charge in [0.1, 0.15) is 5.69 Å². The summed E-state index contributed by atoms with van der Waals surface area (Å²) < 4.78 is 13.5. The number of nitrogens with one attached hydrogen (secondary N) is 1. The first-order valence-corrected chi connectivity index (χ1v) is 4.49. The second kappa shape index (κ2) is 3.65. The van der Waals surface area contributed by atoms with Gasteiger partial charge in [0.2, 0.25) is 5.82 Å². The van der Waals surface area contributed by atoms with Crippen LogP contribution in [0.2, 0.25) is 0 Å². The molecule has 2 aromatic rings. The zero-order valence-electron chi connectivity index (χ0n) is 8.12. The number of aromatic amines is 1. The molecule has 15 heavy (non-hydrogen) atoms. The maximum absolute atomic E-state index is 13.5. The lowest BCUT2D eigenvalue weighted by Crippen LogP contribution is -2.12. The van der Waals surface area contributed by atoms with Crippen molar-refractivity contribution < 1.29 is 4.39 Å². The molecule has 0 spiro atoms. The Hall–Kier alpha value is -1.97. The van der Waals surface area contributed by atoms with Crippen molar-refractivity contribution in [3.05, 3.63) is 52.3 Å². The average Bonchev–Trinajstić information content (AvgIpc) is 2.23. The minimum absolute atomic E-state index is 0.0943. The first-order chi connectivity index (χ1) is 7.20. The van der Waals surface area contributed by atoms with E-state index < -0.39 is 11.4 Å². The molecule has 0 aliphatic carbocycles. The average molecular weight is 204 g/mol. The van der Waals surface area contributed by atoms with E-state index in [1.165, 1.54) is 6.33 Å². The molecule has 0 bridgehead atoms. The monoisotopic (exact) mass is 204 g/mol. The normalized spacial score (nSPS) is 10.3. The van der Waals surface area contributed by atoms with Gasteiger partial charge in [-0.2, -0.15) is 4.39 Å². The van der Waals surface area contributed by atoms with E-state index in [1.807, 2.05) is 19.1 Å². The third-order valence-electron chi connectivity index (χ3n) is 2.20. The second-order valence-corrected chi connectivity index (χ2v) is 3.21. The first-order valence-electron chi connectivity index (χ1n) is 4.49. The molecule has 0 unspecified atom stereocenters. The van der Waals surface area contributed by atoms with Gasteiger partial charge in [0.05, 0.1) is 6.33 Å². The molecular weight excluding hydrogens is 195 g/mol. The smallest absolute Gasteiger partial charge is 0.287 e. The summed E-state index contributed by atoms with van der Waals surface area (Å²) in [4.78, 5) is 17.1. The summed E-state index contributed by atoms with van der Waals surface area (Å²) in [5.41, 5.74) is 0.871. The Morgan fingerprint density at radius 1 is 1.33 bits per heavy atom. The zero-order valence-corrected chi connectivity index (χ0v) is 8.12. The van der Waals surface area contributed by atoms with Crippen molar-refractivity contribution in [2.24, 2.45) is 0 Å². The third-order valence-corrected chi connectivity index (χ3v) is 2.20. The fraction of sp³-hybridized carbons (Fsp3) is 0.0909. The molecule has 0 saturated heterocycles. The number of H-pyrrole nitrogens is 1. The van der Waals surface area contributed by atoms with Crippen molar-refractivity contribution >= 4 is 0 Å². The Kier molecular flexibility index (Phi) is 2.33. The van der Waals surface area contributed by atoms with Gasteiger partial charge in [-0.15, -0.1) is 0 Å². The number of rotatable bonds is 1. The molecule has 0 amide bonds. The molecule has 0 aliphatic heterocycles. The van der Waals surface area contributed by atoms with Gasteiger partial charge in [-0.25, -0.2) is 4.98 Å². The molecule has 0 aliphatic rings. The van der Waals surface area contributed by atoms with Crippen LogP contribution in [0.25, 0.3) is 11.3 Å². The van der Waals surface area contributed by atoms with E-state index in [-0.39, 0.29) is 5.69 Å². The lowest BCUT2D eigenvalue weighted by atomic mass is 10.1. The highest BCUT2D eigenvalue weighted by Crippen LogP contribution is 2.21. The van der Waals surface area contributed by atoms with Crippen LogP contribution in [0.15, 0.2) is 35.4 Å². The molecule has 1 aromatic carbocycles. The van der Waals surface area contributed by atoms with E-state index >= 15 is 0 Å². The van der Waals surface area contributed by atoms with Crippen LogP contribution in [0.1, 0.15) is 5.56 Å². The molecule has 0 fully saturated rings. The number of hydrogen-bond acceptors (Lipinski definition) is 2. The maximum atomic E-state index is 13.5. The van der Waals surface area contributed by atoms with E-state index in [0.29, 0.717) is 5.56 Å². The summed E-state index contributed by atoms with van der Waals surface area (Å²) >= 11 is 0. The predicted molar refractivity (Wildman–Crippen MR) is 55.0 cm³/mol. The van der Waals surface area contributed by atoms with Crippen molar-refractivity contribution in [2.75, 3.05) is 0 Å². The van der Waals surface area contributed by atoms with Gasteiger partial charge >= 0.3 is 0 Å². The lowest BCUT2D eigenvalue weighted by Gasteiger charge is -2.04. The number of hydrogen-bond donors (Lipinski definition) is 1. The Morgan fingerprint density at radius 2 is 2.07 bits per heavy atom. The highest BCUT2D eigenvalue weighted by Gasteiger charge is 2.11. The van der Waals surface area contributed by atoms with E-state index in [2.05, 4.69) is 9.97 Å². The SMILES string of the molecule is Cc1ccccc1-c1nc[nH]c(=O)c1F. The van der Waals surface area contributed by atoms with Crippen LogP contribution in [0.3, 0.4) is 0 Å². The van der Waals surface area contributed by atoms with E-state index in [9.17, 15) is 9.18 Å². The number of aromatic nitrogens is 2. The number of halogens is 1. The molecule has 0 atom stereocenters. The molecule has 1 aromatic heterocycles. The number of benzene rings is 1. The molecule has 3 nitrogen and oxygen atoms in total. The Morgan fingerprint density at radius 3 is 2.80 bits per heavy atom. The van der Waals surface area contributed by atoms with Gasteiger partial charge in [-0.05, 0) is 12.5 Å². The summed E-state index contributed by atoms with van der Waals surface area (Å²) in [6.07, 6.45) is 1.20. The molecule has 0 radical (unpaired) electrons. The quantitative estimate of drug-likeness (QED) is 0.770. The standard InChI is InChI=1S/C11H9FN2O/c1-7-4-2-3-5-8(7)10-9(12)11(15)14-6-13-10/h2-6H,1H3,(H,13,14,15). The molecule has 2 rings (SSSR count). The van der Waals surface area contributed by atoms with Crippen molar-refractivity contribution in [3.8, 4) is 11.3 Å². The van der Waals surface area contributed by atoms with E-state index in [1.54, 1.807) is 12.1 Å². The summed E-state index contributed by atoms with van der Waals surface area (Å²) in [5.74, 6) is -0.841. The summed E-state index contributed by atoms with van der Waals surface area (Å²) in [7, 11) is 0. The van der Waals surface area contributed by atoms with Crippen LogP contribution in [0.5, 0.6) is 0 Å². The topological polar surface area (TPSA) is 45.8 Å².